The third-order valence-corrected chi connectivity index (χ3v) is 3.58. The molecule has 2 heterocycles. The van der Waals surface area contributed by atoms with Crippen LogP contribution in [0.2, 0.25) is 0 Å². The fourth-order valence-corrected chi connectivity index (χ4v) is 2.52. The Morgan fingerprint density at radius 2 is 2.15 bits per heavy atom. The van der Waals surface area contributed by atoms with Gasteiger partial charge in [-0.2, -0.15) is 0 Å². The molecule has 1 unspecified atom stereocenters. The number of nitrogens with zero attached hydrogens (tertiary/aromatic N) is 2. The lowest BCUT2D eigenvalue weighted by Crippen LogP contribution is -2.09. The smallest absolute Gasteiger partial charge is 0.311 e. The Kier molecular flexibility index (Phi) is 4.08. The number of rotatable bonds is 4. The average molecular weight is 340 g/mol. The predicted octanol–water partition coefficient (Wildman–Crippen LogP) is 4.14. The molecule has 1 atom stereocenters. The fourth-order valence-electron chi connectivity index (χ4n) is 2.08. The molecular formula is C13H14BrN3O3. The Labute approximate surface area is 124 Å². The summed E-state index contributed by atoms with van der Waals surface area (Å²) in [6.07, 6.45) is 2.75. The molecule has 106 valence electrons. The van der Waals surface area contributed by atoms with E-state index in [0.717, 1.165) is 17.1 Å². The van der Waals surface area contributed by atoms with Gasteiger partial charge in [-0.15, -0.1) is 0 Å². The van der Waals surface area contributed by atoms with Gasteiger partial charge in [0.15, 0.2) is 0 Å². The van der Waals surface area contributed by atoms with Crippen molar-refractivity contribution in [1.29, 1.82) is 0 Å². The van der Waals surface area contributed by atoms with Gasteiger partial charge >= 0.3 is 5.69 Å². The molecule has 0 bridgehead atoms. The summed E-state index contributed by atoms with van der Waals surface area (Å²) in [5.74, 6) is 1.62. The second-order valence-electron chi connectivity index (χ2n) is 4.51. The van der Waals surface area contributed by atoms with Crippen molar-refractivity contribution in [2.24, 2.45) is 0 Å². The molecule has 20 heavy (non-hydrogen) atoms. The molecule has 2 aromatic rings. The highest BCUT2D eigenvalue weighted by molar-refractivity contribution is 9.10. The number of hydrogen-bond donors (Lipinski definition) is 1. The number of hydrogen-bond acceptors (Lipinski definition) is 5. The fraction of sp³-hybridized carbons (Fsp3) is 0.308. The van der Waals surface area contributed by atoms with Crippen molar-refractivity contribution < 1.29 is 9.34 Å². The maximum absolute atomic E-state index is 11.0. The van der Waals surface area contributed by atoms with Crippen molar-refractivity contribution in [1.82, 2.24) is 4.98 Å². The standard InChI is InChI=1S/C13H14BrN3O3/c1-7-4-10(9(3)20-7)8(2)16-13-11(14)5-15-6-12(13)17(18)19/h4-6,8H,1-3H3,(H,15,16). The van der Waals surface area contributed by atoms with Crippen molar-refractivity contribution in [3.63, 3.8) is 0 Å². The zero-order valence-corrected chi connectivity index (χ0v) is 12.9. The van der Waals surface area contributed by atoms with Crippen molar-refractivity contribution in [2.75, 3.05) is 5.32 Å². The van der Waals surface area contributed by atoms with E-state index < -0.39 is 4.92 Å². The minimum Gasteiger partial charge on any atom is -0.466 e. The molecule has 0 fully saturated rings. The van der Waals surface area contributed by atoms with Crippen molar-refractivity contribution >= 4 is 27.3 Å². The number of aryl methyl sites for hydroxylation is 2. The normalized spacial score (nSPS) is 12.2. The number of nitrogens with one attached hydrogen (secondary N) is 1. The number of pyridine rings is 1. The van der Waals surface area contributed by atoms with Gasteiger partial charge in [0, 0.05) is 11.8 Å². The van der Waals surface area contributed by atoms with Crippen LogP contribution in [0.3, 0.4) is 0 Å². The zero-order valence-electron chi connectivity index (χ0n) is 11.3. The molecule has 0 aliphatic carbocycles. The summed E-state index contributed by atoms with van der Waals surface area (Å²) in [4.78, 5) is 14.4. The van der Waals surface area contributed by atoms with E-state index in [1.807, 2.05) is 26.8 Å². The second kappa shape index (κ2) is 5.62. The predicted molar refractivity (Wildman–Crippen MR) is 78.8 cm³/mol. The Balaban J connectivity index is 2.35. The van der Waals surface area contributed by atoms with Gasteiger partial charge < -0.3 is 9.73 Å². The van der Waals surface area contributed by atoms with Crippen LogP contribution >= 0.6 is 15.9 Å². The number of halogens is 1. The van der Waals surface area contributed by atoms with Crippen LogP contribution in [-0.4, -0.2) is 9.91 Å². The van der Waals surface area contributed by atoms with Gasteiger partial charge in [0.25, 0.3) is 0 Å². The third-order valence-electron chi connectivity index (χ3n) is 2.98. The monoisotopic (exact) mass is 339 g/mol. The van der Waals surface area contributed by atoms with E-state index in [1.54, 1.807) is 0 Å². The zero-order chi connectivity index (χ0) is 14.9. The molecule has 6 nitrogen and oxygen atoms in total. The first-order valence-electron chi connectivity index (χ1n) is 6.01. The van der Waals surface area contributed by atoms with E-state index in [1.165, 1.54) is 12.4 Å². The number of aromatic nitrogens is 1. The van der Waals surface area contributed by atoms with E-state index in [-0.39, 0.29) is 11.7 Å². The van der Waals surface area contributed by atoms with Gasteiger partial charge in [0.2, 0.25) is 0 Å². The first kappa shape index (κ1) is 14.5. The van der Waals surface area contributed by atoms with Crippen LogP contribution in [0.1, 0.15) is 30.0 Å². The summed E-state index contributed by atoms with van der Waals surface area (Å²) in [6.45, 7) is 5.67. The first-order chi connectivity index (χ1) is 9.40. The molecule has 2 rings (SSSR count). The highest BCUT2D eigenvalue weighted by Crippen LogP contribution is 2.34. The number of furan rings is 1. The topological polar surface area (TPSA) is 81.2 Å². The molecule has 0 aliphatic heterocycles. The first-order valence-corrected chi connectivity index (χ1v) is 6.80. The van der Waals surface area contributed by atoms with Crippen LogP contribution in [0, 0.1) is 24.0 Å². The van der Waals surface area contributed by atoms with E-state index in [0.29, 0.717) is 10.2 Å². The lowest BCUT2D eigenvalue weighted by Gasteiger charge is -2.15. The Bertz CT molecular complexity index is 654. The van der Waals surface area contributed by atoms with Crippen LogP contribution < -0.4 is 5.32 Å². The van der Waals surface area contributed by atoms with Gasteiger partial charge in [-0.1, -0.05) is 0 Å². The molecule has 0 saturated heterocycles. The van der Waals surface area contributed by atoms with Crippen molar-refractivity contribution in [3.8, 4) is 0 Å². The van der Waals surface area contributed by atoms with Gasteiger partial charge in [-0.05, 0) is 42.8 Å². The number of nitro groups is 1. The van der Waals surface area contributed by atoms with Crippen LogP contribution in [0.25, 0.3) is 0 Å². The van der Waals surface area contributed by atoms with E-state index >= 15 is 0 Å². The van der Waals surface area contributed by atoms with E-state index in [4.69, 9.17) is 4.42 Å². The molecule has 7 heteroatoms. The van der Waals surface area contributed by atoms with Gasteiger partial charge in [-0.25, -0.2) is 0 Å². The van der Waals surface area contributed by atoms with Crippen LogP contribution in [0.15, 0.2) is 27.3 Å². The summed E-state index contributed by atoms with van der Waals surface area (Å²) < 4.78 is 6.04. The summed E-state index contributed by atoms with van der Waals surface area (Å²) >= 11 is 3.29. The molecule has 0 amide bonds. The molecule has 0 saturated carbocycles. The lowest BCUT2D eigenvalue weighted by atomic mass is 10.1. The lowest BCUT2D eigenvalue weighted by molar-refractivity contribution is -0.384. The highest BCUT2D eigenvalue weighted by atomic mass is 79.9. The van der Waals surface area contributed by atoms with Gasteiger partial charge in [-0.3, -0.25) is 15.1 Å². The molecule has 2 aromatic heterocycles. The van der Waals surface area contributed by atoms with E-state index in [9.17, 15) is 10.1 Å². The van der Waals surface area contributed by atoms with Gasteiger partial charge in [0.1, 0.15) is 23.4 Å². The minimum atomic E-state index is -0.458. The summed E-state index contributed by atoms with van der Waals surface area (Å²) in [6, 6.07) is 1.80. The van der Waals surface area contributed by atoms with E-state index in [2.05, 4.69) is 26.2 Å². The largest absolute Gasteiger partial charge is 0.466 e. The SMILES string of the molecule is Cc1cc(C(C)Nc2c(Br)cncc2[N+](=O)[O-])c(C)o1. The van der Waals surface area contributed by atoms with Crippen LogP contribution in [0.5, 0.6) is 0 Å². The van der Waals surface area contributed by atoms with Gasteiger partial charge in [0.05, 0.1) is 15.4 Å². The quantitative estimate of drug-likeness (QED) is 0.668. The molecule has 0 aliphatic rings. The minimum absolute atomic E-state index is 0.0657. The van der Waals surface area contributed by atoms with Crippen molar-refractivity contribution in [3.05, 3.63) is 50.1 Å². The van der Waals surface area contributed by atoms with Crippen LogP contribution in [0.4, 0.5) is 11.4 Å². The molecular weight excluding hydrogens is 326 g/mol. The molecule has 0 aromatic carbocycles. The maximum atomic E-state index is 11.0. The highest BCUT2D eigenvalue weighted by Gasteiger charge is 2.21. The molecule has 0 spiro atoms. The summed E-state index contributed by atoms with van der Waals surface area (Å²) in [5.41, 5.74) is 1.32. The Morgan fingerprint density at radius 3 is 2.70 bits per heavy atom. The average Bonchev–Trinajstić information content (AvgIpc) is 2.70. The van der Waals surface area contributed by atoms with Crippen LogP contribution in [-0.2, 0) is 0 Å². The summed E-state index contributed by atoms with van der Waals surface area (Å²) in [7, 11) is 0. The summed E-state index contributed by atoms with van der Waals surface area (Å²) in [5, 5.41) is 14.2. The van der Waals surface area contributed by atoms with Crippen molar-refractivity contribution in [2.45, 2.75) is 26.8 Å². The maximum Gasteiger partial charge on any atom is 0.311 e. The Morgan fingerprint density at radius 1 is 1.45 bits per heavy atom. The Hall–Kier alpha value is -1.89. The third kappa shape index (κ3) is 2.82. The molecule has 1 N–H and O–H groups in total. The molecule has 0 radical (unpaired) electrons. The number of anilines is 1. The second-order valence-corrected chi connectivity index (χ2v) is 5.36.